The van der Waals surface area contributed by atoms with Crippen LogP contribution in [0.2, 0.25) is 0 Å². The number of nitrogens with two attached hydrogens (primary N) is 1. The average molecular weight is 1100 g/mol. The maximum Gasteiger partial charge on any atom is 0.408 e. The summed E-state index contributed by atoms with van der Waals surface area (Å²) in [6.45, 7) is 5.55. The molecule has 3 aliphatic heterocycles. The lowest BCUT2D eigenvalue weighted by Gasteiger charge is -2.33. The molecule has 76 heavy (non-hydrogen) atoms. The molecule has 420 valence electrons. The van der Waals surface area contributed by atoms with E-state index in [1.54, 1.807) is 30.3 Å². The van der Waals surface area contributed by atoms with E-state index in [-0.39, 0.29) is 42.5 Å². The standard InChI is InChI=1S/C47H66N8O20S/c1-22-19-55-38(39(22)62)43(66)49-18-26(57)15-28(50-46(69)72-47(3,4)5)40(63)51-35(23(2)56)44(67)54-20-27(58)16-29(54)41(64)52-36(42(65)53-37(45(55)68)31(60)17-34(48)61)30(59)13-25-11-12-32(33(14-25)73-76-75-74-70)71-21-24-9-7-6-8-10-24/h6-12,14,22-23,26-31,35-39,56-60,62,70H,13,15-21H2,1-5H3,(H2,48,61)(H,49,66)(H,50,69)(H,51,63)(H,52,64)(H,53,65)/t22-,23+,26+,27+,28-,29-,30+,31+,35-,36-,37-,38-,39-/m0/s1. The first kappa shape index (κ1) is 60.5. The van der Waals surface area contributed by atoms with Crippen molar-refractivity contribution < 1.29 is 97.3 Å². The van der Waals surface area contributed by atoms with E-state index in [1.807, 2.05) is 0 Å². The third kappa shape index (κ3) is 16.5. The van der Waals surface area contributed by atoms with Gasteiger partial charge in [0.05, 0.1) is 43.0 Å². The first-order valence-electron chi connectivity index (χ1n) is 24.0. The Hall–Kier alpha value is -6.41. The molecule has 29 heteroatoms. The molecule has 0 bridgehead atoms. The quantitative estimate of drug-likeness (QED) is 0.0357. The van der Waals surface area contributed by atoms with E-state index in [1.165, 1.54) is 45.9 Å². The molecule has 8 amide bonds. The number of carbonyl (C=O) groups is 8. The van der Waals surface area contributed by atoms with Gasteiger partial charge < -0.3 is 86.4 Å². The van der Waals surface area contributed by atoms with Gasteiger partial charge in [0.2, 0.25) is 41.4 Å². The smallest absolute Gasteiger partial charge is 0.408 e. The number of aliphatic hydroxyl groups excluding tert-OH is 6. The predicted molar refractivity (Wildman–Crippen MR) is 261 cm³/mol. The Kier molecular flexibility index (Phi) is 21.5. The summed E-state index contributed by atoms with van der Waals surface area (Å²) in [6, 6.07) is 1.62. The molecule has 2 aromatic carbocycles. The number of nitrogens with zero attached hydrogens (tertiary/aromatic N) is 2. The summed E-state index contributed by atoms with van der Waals surface area (Å²) >= 11 is 0.159. The number of rotatable bonds is 15. The van der Waals surface area contributed by atoms with Crippen molar-refractivity contribution in [3.63, 3.8) is 0 Å². The second-order valence-corrected chi connectivity index (χ2v) is 20.1. The normalized spacial score (nSPS) is 27.5. The molecule has 0 aliphatic carbocycles. The molecule has 3 fully saturated rings. The van der Waals surface area contributed by atoms with Gasteiger partial charge in [-0.1, -0.05) is 52.7 Å². The minimum Gasteiger partial charge on any atom is -0.485 e. The second-order valence-electron chi connectivity index (χ2n) is 19.7. The number of fused-ring (bicyclic) bond motifs is 2. The van der Waals surface area contributed by atoms with Gasteiger partial charge in [0.1, 0.15) is 48.5 Å². The Morgan fingerprint density at radius 2 is 1.46 bits per heavy atom. The van der Waals surface area contributed by atoms with Crippen LogP contribution in [0.3, 0.4) is 0 Å². The number of alkyl carbamates (subject to hydrolysis) is 1. The van der Waals surface area contributed by atoms with E-state index in [0.29, 0.717) is 0 Å². The van der Waals surface area contributed by atoms with Gasteiger partial charge in [0.15, 0.2) is 11.5 Å². The predicted octanol–water partition coefficient (Wildman–Crippen LogP) is -3.45. The van der Waals surface area contributed by atoms with Crippen LogP contribution in [0.4, 0.5) is 4.79 Å². The van der Waals surface area contributed by atoms with Gasteiger partial charge in [-0.3, -0.25) is 33.6 Å². The third-order valence-corrected chi connectivity index (χ3v) is 12.8. The molecule has 2 aromatic rings. The number of carbonyl (C=O) groups excluding carboxylic acids is 8. The largest absolute Gasteiger partial charge is 0.485 e. The molecular weight excluding hydrogens is 1030 g/mol. The number of nitrogens with one attached hydrogen (secondary N) is 5. The lowest BCUT2D eigenvalue weighted by Crippen LogP contribution is -2.64. The van der Waals surface area contributed by atoms with Crippen molar-refractivity contribution in [1.29, 1.82) is 0 Å². The van der Waals surface area contributed by atoms with Crippen LogP contribution in [0.5, 0.6) is 11.5 Å². The molecule has 14 N–H and O–H groups in total. The van der Waals surface area contributed by atoms with E-state index in [0.717, 1.165) is 22.3 Å². The zero-order valence-electron chi connectivity index (χ0n) is 42.1. The van der Waals surface area contributed by atoms with Crippen molar-refractivity contribution in [3.8, 4) is 11.5 Å². The van der Waals surface area contributed by atoms with Crippen molar-refractivity contribution in [2.45, 2.75) is 145 Å². The Balaban J connectivity index is 1.59. The summed E-state index contributed by atoms with van der Waals surface area (Å²) in [7, 11) is 0. The molecule has 3 heterocycles. The highest BCUT2D eigenvalue weighted by Crippen LogP contribution is 2.33. The minimum atomic E-state index is -2.19. The zero-order chi connectivity index (χ0) is 56.2. The van der Waals surface area contributed by atoms with Gasteiger partial charge in [0, 0.05) is 44.8 Å². The molecule has 3 saturated heterocycles. The number of amides is 8. The monoisotopic (exact) mass is 1090 g/mol. The van der Waals surface area contributed by atoms with Crippen LogP contribution in [0.15, 0.2) is 48.5 Å². The minimum absolute atomic E-state index is 0.0480. The topological polar surface area (TPSA) is 417 Å². The van der Waals surface area contributed by atoms with Crippen molar-refractivity contribution in [3.05, 3.63) is 59.7 Å². The maximum absolute atomic E-state index is 14.7. The summed E-state index contributed by atoms with van der Waals surface area (Å²) in [5.41, 5.74) is 5.24. The highest BCUT2D eigenvalue weighted by molar-refractivity contribution is 7.90. The Bertz CT molecular complexity index is 2380. The van der Waals surface area contributed by atoms with Crippen molar-refractivity contribution in [2.24, 2.45) is 11.7 Å². The maximum atomic E-state index is 14.7. The van der Waals surface area contributed by atoms with Gasteiger partial charge in [-0.05, 0) is 51.0 Å². The van der Waals surface area contributed by atoms with Crippen molar-refractivity contribution in [1.82, 2.24) is 36.4 Å². The molecule has 3 aliphatic rings. The van der Waals surface area contributed by atoms with E-state index in [4.69, 9.17) is 24.6 Å². The lowest BCUT2D eigenvalue weighted by molar-refractivity contribution is -0.433. The zero-order valence-corrected chi connectivity index (χ0v) is 42.9. The number of hydrogen-bond acceptors (Lipinski definition) is 21. The summed E-state index contributed by atoms with van der Waals surface area (Å²) in [5.74, 6) is -9.23. The SMILES string of the molecule is C[C@@H](O)[C@@H]1NC(=O)[C@@H](NC(=O)OC(C)(C)C)C[C@@H](O)CNC(=O)[C@@H]2[C@@H](O)[C@@H](C)CN2C(=O)[C@H]([C@H](O)CC(N)=O)NC(=O)[C@H]([C@H](O)Cc2ccc(OCc3ccccc3)c(OSOOO)c2)NC(=O)[C@@H]2C[C@@H](O)CN2C1=O. The fourth-order valence-corrected chi connectivity index (χ4v) is 8.97. The first-order chi connectivity index (χ1) is 35.8. The van der Waals surface area contributed by atoms with Crippen molar-refractivity contribution in [2.75, 3.05) is 19.6 Å². The van der Waals surface area contributed by atoms with E-state index in [2.05, 4.69) is 36.0 Å². The number of β-amino-alcohol motifs (C(OH)–C–C–N with tert-alkyl or cyclic N) is 1. The van der Waals surface area contributed by atoms with Crippen LogP contribution in [-0.4, -0.2) is 191 Å². The summed E-state index contributed by atoms with van der Waals surface area (Å²) < 4.78 is 21.1. The lowest BCUT2D eigenvalue weighted by atomic mass is 9.98. The third-order valence-electron chi connectivity index (χ3n) is 12.4. The molecule has 5 rings (SSSR count). The molecule has 0 aromatic heterocycles. The van der Waals surface area contributed by atoms with E-state index < -0.39 is 171 Å². The van der Waals surface area contributed by atoms with Crippen LogP contribution in [-0.2, 0) is 60.7 Å². The summed E-state index contributed by atoms with van der Waals surface area (Å²) in [6.07, 6.45) is -14.5. The molecule has 0 radical (unpaired) electrons. The van der Waals surface area contributed by atoms with E-state index in [9.17, 15) is 69.0 Å². The fourth-order valence-electron chi connectivity index (χ4n) is 8.71. The van der Waals surface area contributed by atoms with Crippen LogP contribution in [0.25, 0.3) is 0 Å². The summed E-state index contributed by atoms with van der Waals surface area (Å²) in [5, 5.41) is 91.6. The Labute approximate surface area is 440 Å². The van der Waals surface area contributed by atoms with Crippen LogP contribution < -0.4 is 41.2 Å². The average Bonchev–Trinajstić information content (AvgIpc) is 3.89. The second kappa shape index (κ2) is 27.1. The highest BCUT2D eigenvalue weighted by Gasteiger charge is 2.50. The number of primary amides is 1. The van der Waals surface area contributed by atoms with Gasteiger partial charge in [-0.2, -0.15) is 0 Å². The molecule has 0 saturated carbocycles. The number of benzene rings is 2. The van der Waals surface area contributed by atoms with E-state index >= 15 is 0 Å². The van der Waals surface area contributed by atoms with Gasteiger partial charge in [0.25, 0.3) is 12.3 Å². The number of aliphatic hydroxyl groups is 6. The van der Waals surface area contributed by atoms with Crippen LogP contribution in [0, 0.1) is 5.92 Å². The van der Waals surface area contributed by atoms with Gasteiger partial charge in [-0.15, -0.1) is 0 Å². The number of ether oxygens (including phenoxy) is 2. The van der Waals surface area contributed by atoms with Crippen LogP contribution in [0.1, 0.15) is 65.0 Å². The van der Waals surface area contributed by atoms with Gasteiger partial charge >= 0.3 is 6.09 Å². The Morgan fingerprint density at radius 1 is 0.803 bits per heavy atom. The molecule has 0 spiro atoms. The van der Waals surface area contributed by atoms with Crippen molar-refractivity contribution >= 4 is 59.8 Å². The first-order valence-corrected chi connectivity index (χ1v) is 24.7. The molecule has 13 atom stereocenters. The van der Waals surface area contributed by atoms with Crippen LogP contribution >= 0.6 is 12.3 Å². The summed E-state index contributed by atoms with van der Waals surface area (Å²) in [4.78, 5) is 113. The number of hydrogen-bond donors (Lipinski definition) is 13. The fraction of sp³-hybridized carbons (Fsp3) is 0.574. The van der Waals surface area contributed by atoms with Gasteiger partial charge in [-0.25, -0.2) is 10.1 Å². The molecule has 0 unspecified atom stereocenters. The molecule has 28 nitrogen and oxygen atoms in total. The highest BCUT2D eigenvalue weighted by atomic mass is 32.2. The molecular formula is C47H66N8O20S. The Morgan fingerprint density at radius 3 is 2.11 bits per heavy atom.